The Morgan fingerprint density at radius 1 is 1.30 bits per heavy atom. The van der Waals surface area contributed by atoms with Crippen LogP contribution >= 0.6 is 0 Å². The van der Waals surface area contributed by atoms with Crippen molar-refractivity contribution in [3.63, 3.8) is 0 Å². The molecule has 0 atom stereocenters. The lowest BCUT2D eigenvalue weighted by Gasteiger charge is -2.12. The summed E-state index contributed by atoms with van der Waals surface area (Å²) in [6, 6.07) is 0. The van der Waals surface area contributed by atoms with Gasteiger partial charge in [-0.2, -0.15) is 5.10 Å². The van der Waals surface area contributed by atoms with Gasteiger partial charge in [0.2, 0.25) is 0 Å². The van der Waals surface area contributed by atoms with E-state index >= 15 is 0 Å². The predicted molar refractivity (Wildman–Crippen MR) is 46.2 cm³/mol. The summed E-state index contributed by atoms with van der Waals surface area (Å²) in [5.74, 6) is 0. The van der Waals surface area contributed by atoms with Crippen LogP contribution in [0.25, 0.3) is 0 Å². The zero-order chi connectivity index (χ0) is 7.82. The van der Waals surface area contributed by atoms with Crippen LogP contribution < -0.4 is 0 Å². The Hall–Kier alpha value is -0.790. The normalized spacial score (nSPS) is 11.5. The van der Waals surface area contributed by atoms with Gasteiger partial charge in [0.05, 0.1) is 0 Å². The molecule has 0 amide bonds. The maximum Gasteiger partial charge on any atom is 0.0467 e. The van der Waals surface area contributed by atoms with Crippen molar-refractivity contribution < 1.29 is 0 Å². The number of hydrogen-bond donors (Lipinski definition) is 0. The van der Waals surface area contributed by atoms with Gasteiger partial charge in [0.15, 0.2) is 0 Å². The van der Waals surface area contributed by atoms with Crippen LogP contribution in [0, 0.1) is 0 Å². The Kier molecular flexibility index (Phi) is 5.83. The average Bonchev–Trinajstić information content (AvgIpc) is 1.99. The van der Waals surface area contributed by atoms with Gasteiger partial charge >= 0.3 is 0 Å². The first-order chi connectivity index (χ1) is 4.85. The topological polar surface area (TPSA) is 15.6 Å². The molecule has 0 rings (SSSR count). The second kappa shape index (κ2) is 6.33. The van der Waals surface area contributed by atoms with Crippen LogP contribution in [0.2, 0.25) is 0 Å². The Balaban J connectivity index is 3.60. The molecule has 0 aliphatic heterocycles. The fraction of sp³-hybridized carbons (Fsp3) is 0.625. The third kappa shape index (κ3) is 4.13. The molecule has 0 bridgehead atoms. The van der Waals surface area contributed by atoms with Gasteiger partial charge in [-0.3, -0.25) is 5.01 Å². The molecule has 0 saturated heterocycles. The molecule has 0 aliphatic rings. The van der Waals surface area contributed by atoms with Crippen LogP contribution in [0.3, 0.4) is 0 Å². The predicted octanol–water partition coefficient (Wildman–Crippen LogP) is 1.89. The van der Waals surface area contributed by atoms with E-state index in [1.54, 1.807) is 0 Å². The molecule has 0 N–H and O–H groups in total. The molecule has 2 nitrogen and oxygen atoms in total. The van der Waals surface area contributed by atoms with E-state index in [1.807, 2.05) is 30.3 Å². The minimum atomic E-state index is 0.977. The summed E-state index contributed by atoms with van der Waals surface area (Å²) in [4.78, 5) is 0. The zero-order valence-corrected chi connectivity index (χ0v) is 7.04. The first-order valence-corrected chi connectivity index (χ1v) is 3.75. The van der Waals surface area contributed by atoms with Crippen LogP contribution in [0.1, 0.15) is 20.8 Å². The van der Waals surface area contributed by atoms with Crippen molar-refractivity contribution in [1.29, 1.82) is 0 Å². The third-order valence-corrected chi connectivity index (χ3v) is 1.24. The Morgan fingerprint density at radius 3 is 2.30 bits per heavy atom. The van der Waals surface area contributed by atoms with Gasteiger partial charge in [0.1, 0.15) is 0 Å². The lowest BCUT2D eigenvalue weighted by Crippen LogP contribution is -2.15. The van der Waals surface area contributed by atoms with Crippen molar-refractivity contribution in [2.45, 2.75) is 20.8 Å². The number of hydrazone groups is 1. The van der Waals surface area contributed by atoms with Crippen molar-refractivity contribution in [3.8, 4) is 0 Å². The molecule has 0 radical (unpaired) electrons. The van der Waals surface area contributed by atoms with Crippen LogP contribution in [0.4, 0.5) is 0 Å². The zero-order valence-electron chi connectivity index (χ0n) is 7.04. The highest BCUT2D eigenvalue weighted by Gasteiger charge is 1.86. The second-order valence-electron chi connectivity index (χ2n) is 1.93. The van der Waals surface area contributed by atoms with Crippen molar-refractivity contribution in [3.05, 3.63) is 12.2 Å². The summed E-state index contributed by atoms with van der Waals surface area (Å²) in [5.41, 5.74) is 0. The molecule has 0 aromatic rings. The summed E-state index contributed by atoms with van der Waals surface area (Å²) in [5, 5.41) is 6.17. The van der Waals surface area contributed by atoms with Gasteiger partial charge in [0, 0.05) is 19.3 Å². The smallest absolute Gasteiger partial charge is 0.0467 e. The molecule has 0 aromatic heterocycles. The van der Waals surface area contributed by atoms with Crippen molar-refractivity contribution in [2.24, 2.45) is 5.10 Å². The van der Waals surface area contributed by atoms with Gasteiger partial charge in [-0.05, 0) is 26.8 Å². The molecular formula is C8H16N2. The summed E-state index contributed by atoms with van der Waals surface area (Å²) in [6.07, 6.45) is 5.71. The van der Waals surface area contributed by atoms with Gasteiger partial charge in [-0.1, -0.05) is 6.08 Å². The van der Waals surface area contributed by atoms with E-state index in [0.29, 0.717) is 0 Å². The summed E-state index contributed by atoms with van der Waals surface area (Å²) < 4.78 is 0. The van der Waals surface area contributed by atoms with E-state index in [-0.39, 0.29) is 0 Å². The van der Waals surface area contributed by atoms with Crippen LogP contribution in [0.5, 0.6) is 0 Å². The largest absolute Gasteiger partial charge is 0.298 e. The Bertz CT molecular complexity index is 112. The standard InChI is InChI=1S/C8H16N2/c1-4-7-8-9-10(5-2)6-3/h4,7-8H,5-6H2,1-3H3. The highest BCUT2D eigenvalue weighted by Crippen LogP contribution is 1.85. The number of allylic oxidation sites excluding steroid dienone is 2. The average molecular weight is 140 g/mol. The highest BCUT2D eigenvalue weighted by atomic mass is 15.4. The molecule has 0 spiro atoms. The summed E-state index contributed by atoms with van der Waals surface area (Å²) >= 11 is 0. The molecule has 0 heterocycles. The van der Waals surface area contributed by atoms with Crippen LogP contribution in [-0.2, 0) is 0 Å². The maximum absolute atomic E-state index is 4.17. The fourth-order valence-electron chi connectivity index (χ4n) is 0.606. The molecule has 0 aromatic carbocycles. The lowest BCUT2D eigenvalue weighted by atomic mass is 10.6. The van der Waals surface area contributed by atoms with E-state index in [1.165, 1.54) is 0 Å². The summed E-state index contributed by atoms with van der Waals surface area (Å²) in [6.45, 7) is 8.12. The number of rotatable bonds is 4. The Morgan fingerprint density at radius 2 is 1.90 bits per heavy atom. The SMILES string of the molecule is CC=CC=NN(CC)CC. The second-order valence-corrected chi connectivity index (χ2v) is 1.93. The molecular weight excluding hydrogens is 124 g/mol. The van der Waals surface area contributed by atoms with E-state index in [9.17, 15) is 0 Å². The minimum Gasteiger partial charge on any atom is -0.298 e. The molecule has 2 heteroatoms. The van der Waals surface area contributed by atoms with Crippen molar-refractivity contribution >= 4 is 6.21 Å². The number of hydrogen-bond acceptors (Lipinski definition) is 2. The fourth-order valence-corrected chi connectivity index (χ4v) is 0.606. The molecule has 0 saturated carbocycles. The maximum atomic E-state index is 4.17. The minimum absolute atomic E-state index is 0.977. The van der Waals surface area contributed by atoms with E-state index < -0.39 is 0 Å². The first-order valence-electron chi connectivity index (χ1n) is 3.75. The lowest BCUT2D eigenvalue weighted by molar-refractivity contribution is 0.323. The molecule has 0 aliphatic carbocycles. The molecule has 58 valence electrons. The van der Waals surface area contributed by atoms with Gasteiger partial charge in [-0.25, -0.2) is 0 Å². The van der Waals surface area contributed by atoms with E-state index in [4.69, 9.17) is 0 Å². The monoisotopic (exact) mass is 140 g/mol. The highest BCUT2D eigenvalue weighted by molar-refractivity contribution is 5.70. The Labute approximate surface area is 63.2 Å². The first kappa shape index (κ1) is 9.21. The van der Waals surface area contributed by atoms with Crippen LogP contribution in [-0.4, -0.2) is 24.3 Å². The van der Waals surface area contributed by atoms with Gasteiger partial charge < -0.3 is 0 Å². The molecule has 10 heavy (non-hydrogen) atoms. The van der Waals surface area contributed by atoms with Crippen molar-refractivity contribution in [1.82, 2.24) is 5.01 Å². The van der Waals surface area contributed by atoms with Gasteiger partial charge in [0.25, 0.3) is 0 Å². The number of nitrogens with zero attached hydrogens (tertiary/aromatic N) is 2. The van der Waals surface area contributed by atoms with Crippen molar-refractivity contribution in [2.75, 3.05) is 13.1 Å². The van der Waals surface area contributed by atoms with E-state index in [0.717, 1.165) is 13.1 Å². The quantitative estimate of drug-likeness (QED) is 0.430. The van der Waals surface area contributed by atoms with E-state index in [2.05, 4.69) is 18.9 Å². The molecule has 0 fully saturated rings. The molecule has 0 unspecified atom stereocenters. The van der Waals surface area contributed by atoms with Crippen LogP contribution in [0.15, 0.2) is 17.3 Å². The third-order valence-electron chi connectivity index (χ3n) is 1.24. The van der Waals surface area contributed by atoms with Gasteiger partial charge in [-0.15, -0.1) is 0 Å². The summed E-state index contributed by atoms with van der Waals surface area (Å²) in [7, 11) is 0.